The molecular weight excluding hydrogens is 219 g/mol. The van der Waals surface area contributed by atoms with Gasteiger partial charge in [0.25, 0.3) is 0 Å². The van der Waals surface area contributed by atoms with E-state index >= 15 is 0 Å². The van der Waals surface area contributed by atoms with E-state index in [1.165, 1.54) is 6.07 Å². The van der Waals surface area contributed by atoms with Gasteiger partial charge in [0.1, 0.15) is 0 Å². The predicted molar refractivity (Wildman–Crippen MR) is 55.1 cm³/mol. The van der Waals surface area contributed by atoms with E-state index in [0.29, 0.717) is 5.56 Å². The molecule has 0 unspecified atom stereocenters. The number of anilines is 1. The molecule has 1 aromatic rings. The Kier molecular flexibility index (Phi) is 3.57. The largest absolute Gasteiger partial charge is 0.416 e. The Balaban J connectivity index is 3.04. The summed E-state index contributed by atoms with van der Waals surface area (Å²) >= 11 is 0. The number of benzene rings is 1. The zero-order valence-electron chi connectivity index (χ0n) is 8.98. The molecule has 0 spiro atoms. The van der Waals surface area contributed by atoms with Crippen molar-refractivity contribution in [1.82, 2.24) is 0 Å². The fraction of sp³-hybridized carbons (Fsp3) is 0.364. The van der Waals surface area contributed by atoms with E-state index in [2.05, 4.69) is 5.32 Å². The summed E-state index contributed by atoms with van der Waals surface area (Å²) in [6.45, 7) is 3.19. The molecule has 1 N–H and O–H groups in total. The van der Waals surface area contributed by atoms with Crippen molar-refractivity contribution >= 4 is 11.6 Å². The molecule has 0 saturated carbocycles. The summed E-state index contributed by atoms with van der Waals surface area (Å²) < 4.78 is 37.4. The number of amides is 1. The summed E-state index contributed by atoms with van der Waals surface area (Å²) in [5.74, 6) is -0.307. The Morgan fingerprint density at radius 3 is 2.44 bits per heavy atom. The molecule has 0 aliphatic rings. The van der Waals surface area contributed by atoms with E-state index in [0.717, 1.165) is 12.1 Å². The lowest BCUT2D eigenvalue weighted by molar-refractivity contribution is -0.137. The number of halogens is 3. The van der Waals surface area contributed by atoms with Crippen LogP contribution in [-0.2, 0) is 11.0 Å². The normalized spacial score (nSPS) is 11.3. The van der Waals surface area contributed by atoms with Crippen molar-refractivity contribution in [3.63, 3.8) is 0 Å². The lowest BCUT2D eigenvalue weighted by atomic mass is 10.1. The average molecular weight is 231 g/mol. The van der Waals surface area contributed by atoms with Crippen LogP contribution in [0.5, 0.6) is 0 Å². The van der Waals surface area contributed by atoms with E-state index < -0.39 is 11.7 Å². The Labute approximate surface area is 91.5 Å². The molecule has 1 aromatic carbocycles. The monoisotopic (exact) mass is 231 g/mol. The van der Waals surface area contributed by atoms with Crippen LogP contribution < -0.4 is 5.32 Å². The smallest absolute Gasteiger partial charge is 0.326 e. The molecule has 0 radical (unpaired) electrons. The van der Waals surface area contributed by atoms with Crippen LogP contribution in [0.1, 0.15) is 24.5 Å². The fourth-order valence-electron chi connectivity index (χ4n) is 1.27. The summed E-state index contributed by atoms with van der Waals surface area (Å²) in [4.78, 5) is 11.1. The van der Waals surface area contributed by atoms with Crippen molar-refractivity contribution in [3.05, 3.63) is 29.3 Å². The Bertz CT molecular complexity index is 399. The number of nitrogens with one attached hydrogen (secondary N) is 1. The summed E-state index contributed by atoms with van der Waals surface area (Å²) in [5, 5.41) is 2.41. The van der Waals surface area contributed by atoms with Crippen molar-refractivity contribution in [2.45, 2.75) is 26.4 Å². The quantitative estimate of drug-likeness (QED) is 0.830. The standard InChI is InChI=1S/C11H12F3NO/c1-3-10(16)15-9-5-7(2)4-8(6-9)11(12,13)14/h4-6H,3H2,1-2H3,(H,15,16). The molecule has 2 nitrogen and oxygen atoms in total. The van der Waals surface area contributed by atoms with E-state index in [-0.39, 0.29) is 18.0 Å². The van der Waals surface area contributed by atoms with Gasteiger partial charge in [0.05, 0.1) is 5.56 Å². The molecule has 5 heteroatoms. The molecule has 1 amide bonds. The van der Waals surface area contributed by atoms with Crippen molar-refractivity contribution < 1.29 is 18.0 Å². The maximum atomic E-state index is 12.5. The molecule has 16 heavy (non-hydrogen) atoms. The van der Waals surface area contributed by atoms with Gasteiger partial charge in [0, 0.05) is 12.1 Å². The molecular formula is C11H12F3NO. The third-order valence-corrected chi connectivity index (χ3v) is 2.01. The SMILES string of the molecule is CCC(=O)Nc1cc(C)cc(C(F)(F)F)c1. The summed E-state index contributed by atoms with van der Waals surface area (Å²) in [6.07, 6.45) is -4.16. The highest BCUT2D eigenvalue weighted by Crippen LogP contribution is 2.31. The van der Waals surface area contributed by atoms with Gasteiger partial charge in [-0.15, -0.1) is 0 Å². The van der Waals surface area contributed by atoms with Crippen LogP contribution in [0.3, 0.4) is 0 Å². The number of carbonyl (C=O) groups excluding carboxylic acids is 1. The van der Waals surface area contributed by atoms with Gasteiger partial charge in [-0.3, -0.25) is 4.79 Å². The second kappa shape index (κ2) is 4.55. The predicted octanol–water partition coefficient (Wildman–Crippen LogP) is 3.36. The molecule has 0 saturated heterocycles. The van der Waals surface area contributed by atoms with Gasteiger partial charge < -0.3 is 5.32 Å². The van der Waals surface area contributed by atoms with Crippen LogP contribution in [0, 0.1) is 6.92 Å². The highest BCUT2D eigenvalue weighted by atomic mass is 19.4. The lowest BCUT2D eigenvalue weighted by Crippen LogP contribution is -2.11. The van der Waals surface area contributed by atoms with Gasteiger partial charge in [-0.1, -0.05) is 6.92 Å². The van der Waals surface area contributed by atoms with Crippen LogP contribution in [-0.4, -0.2) is 5.91 Å². The highest BCUT2D eigenvalue weighted by molar-refractivity contribution is 5.90. The second-order valence-electron chi connectivity index (χ2n) is 3.49. The van der Waals surface area contributed by atoms with Gasteiger partial charge in [-0.2, -0.15) is 13.2 Å². The van der Waals surface area contributed by atoms with Crippen molar-refractivity contribution in [2.75, 3.05) is 5.32 Å². The third-order valence-electron chi connectivity index (χ3n) is 2.01. The molecule has 0 fully saturated rings. The maximum Gasteiger partial charge on any atom is 0.416 e. The third kappa shape index (κ3) is 3.25. The lowest BCUT2D eigenvalue weighted by Gasteiger charge is -2.11. The molecule has 0 aromatic heterocycles. The van der Waals surface area contributed by atoms with E-state index in [1.807, 2.05) is 0 Å². The minimum absolute atomic E-state index is 0.180. The summed E-state index contributed by atoms with van der Waals surface area (Å²) in [6, 6.07) is 3.48. The molecule has 1 rings (SSSR count). The molecule has 88 valence electrons. The second-order valence-corrected chi connectivity index (χ2v) is 3.49. The number of hydrogen-bond acceptors (Lipinski definition) is 1. The number of carbonyl (C=O) groups is 1. The van der Waals surface area contributed by atoms with Gasteiger partial charge in [0.2, 0.25) is 5.91 Å². The van der Waals surface area contributed by atoms with Crippen molar-refractivity contribution in [3.8, 4) is 0 Å². The maximum absolute atomic E-state index is 12.5. The minimum Gasteiger partial charge on any atom is -0.326 e. The number of hydrogen-bond donors (Lipinski definition) is 1. The molecule has 0 aliphatic heterocycles. The van der Waals surface area contributed by atoms with Crippen molar-refractivity contribution in [1.29, 1.82) is 0 Å². The van der Waals surface area contributed by atoms with Crippen LogP contribution in [0.15, 0.2) is 18.2 Å². The van der Waals surface area contributed by atoms with Gasteiger partial charge in [0.15, 0.2) is 0 Å². The first-order chi connectivity index (χ1) is 7.32. The van der Waals surface area contributed by atoms with Gasteiger partial charge in [-0.25, -0.2) is 0 Å². The summed E-state index contributed by atoms with van der Waals surface area (Å²) in [7, 11) is 0. The highest BCUT2D eigenvalue weighted by Gasteiger charge is 2.30. The topological polar surface area (TPSA) is 29.1 Å². The van der Waals surface area contributed by atoms with Crippen LogP contribution >= 0.6 is 0 Å². The van der Waals surface area contributed by atoms with Gasteiger partial charge >= 0.3 is 6.18 Å². The molecule has 0 bridgehead atoms. The van der Waals surface area contributed by atoms with E-state index in [1.54, 1.807) is 13.8 Å². The number of alkyl halides is 3. The average Bonchev–Trinajstić information content (AvgIpc) is 2.15. The zero-order valence-corrected chi connectivity index (χ0v) is 8.98. The first-order valence-electron chi connectivity index (χ1n) is 4.81. The fourth-order valence-corrected chi connectivity index (χ4v) is 1.27. The molecule has 0 atom stereocenters. The number of aryl methyl sites for hydroxylation is 1. The first kappa shape index (κ1) is 12.5. The van der Waals surface area contributed by atoms with E-state index in [4.69, 9.17) is 0 Å². The van der Waals surface area contributed by atoms with Crippen LogP contribution in [0.25, 0.3) is 0 Å². The Morgan fingerprint density at radius 1 is 1.31 bits per heavy atom. The van der Waals surface area contributed by atoms with Crippen LogP contribution in [0.2, 0.25) is 0 Å². The van der Waals surface area contributed by atoms with Crippen LogP contribution in [0.4, 0.5) is 18.9 Å². The van der Waals surface area contributed by atoms with Gasteiger partial charge in [-0.05, 0) is 30.7 Å². The molecule has 0 heterocycles. The van der Waals surface area contributed by atoms with Crippen molar-refractivity contribution in [2.24, 2.45) is 0 Å². The number of rotatable bonds is 2. The Morgan fingerprint density at radius 2 is 1.94 bits per heavy atom. The minimum atomic E-state index is -4.39. The van der Waals surface area contributed by atoms with E-state index in [9.17, 15) is 18.0 Å². The molecule has 0 aliphatic carbocycles. The Hall–Kier alpha value is -1.52. The first-order valence-corrected chi connectivity index (χ1v) is 4.81. The zero-order chi connectivity index (χ0) is 12.3. The summed E-state index contributed by atoms with van der Waals surface area (Å²) in [5.41, 5.74) is -0.112.